The van der Waals surface area contributed by atoms with E-state index in [4.69, 9.17) is 9.73 Å². The van der Waals surface area contributed by atoms with Crippen LogP contribution in [0.5, 0.6) is 5.75 Å². The van der Waals surface area contributed by atoms with Gasteiger partial charge in [-0.25, -0.2) is 9.79 Å². The molecule has 0 radical (unpaired) electrons. The highest BCUT2D eigenvalue weighted by Gasteiger charge is 2.55. The van der Waals surface area contributed by atoms with E-state index < -0.39 is 24.2 Å². The third kappa shape index (κ3) is 3.09. The number of methoxy groups -OCH3 is 2. The summed E-state index contributed by atoms with van der Waals surface area (Å²) < 4.78 is 10.0. The number of hydrogen-bond donors (Lipinski definition) is 0. The molecule has 0 bridgehead atoms. The summed E-state index contributed by atoms with van der Waals surface area (Å²) in [5.74, 6) is 0.428. The van der Waals surface area contributed by atoms with Crippen LogP contribution in [-0.4, -0.2) is 78.6 Å². The molecule has 0 aliphatic carbocycles. The van der Waals surface area contributed by atoms with Crippen LogP contribution in [0.25, 0.3) is 0 Å². The zero-order valence-corrected chi connectivity index (χ0v) is 18.2. The van der Waals surface area contributed by atoms with E-state index in [2.05, 4.69) is 4.74 Å². The van der Waals surface area contributed by atoms with Gasteiger partial charge in [0.1, 0.15) is 5.75 Å². The number of guanidine groups is 1. The van der Waals surface area contributed by atoms with E-state index in [1.54, 1.807) is 14.2 Å². The summed E-state index contributed by atoms with van der Waals surface area (Å²) in [5, 5.41) is 0. The molecule has 2 unspecified atom stereocenters. The zero-order chi connectivity index (χ0) is 22.4. The number of ether oxygens (including phenoxy) is 2. The molecule has 31 heavy (non-hydrogen) atoms. The van der Waals surface area contributed by atoms with E-state index in [0.717, 1.165) is 22.0 Å². The Morgan fingerprint density at radius 1 is 1.16 bits per heavy atom. The van der Waals surface area contributed by atoms with Crippen LogP contribution >= 0.6 is 0 Å². The number of carbonyl (C=O) groups is 3. The third-order valence-corrected chi connectivity index (χ3v) is 5.97. The molecule has 164 valence electrons. The average Bonchev–Trinajstić information content (AvgIpc) is 3.27. The number of aliphatic imine (C=N–C) groups is 1. The highest BCUT2D eigenvalue weighted by Crippen LogP contribution is 2.40. The molecule has 1 fully saturated rings. The van der Waals surface area contributed by atoms with E-state index in [9.17, 15) is 14.4 Å². The number of anilines is 1. The molecule has 3 aliphatic heterocycles. The van der Waals surface area contributed by atoms with Gasteiger partial charge in [0.25, 0.3) is 5.91 Å². The first-order valence-electron chi connectivity index (χ1n) is 9.93. The van der Waals surface area contributed by atoms with Crippen LogP contribution in [-0.2, 0) is 14.3 Å². The van der Waals surface area contributed by atoms with Crippen molar-refractivity contribution in [1.29, 1.82) is 0 Å². The van der Waals surface area contributed by atoms with E-state index >= 15 is 0 Å². The van der Waals surface area contributed by atoms with Crippen molar-refractivity contribution in [2.24, 2.45) is 4.99 Å². The second-order valence-corrected chi connectivity index (χ2v) is 7.57. The Kier molecular flexibility index (Phi) is 5.08. The monoisotopic (exact) mass is 427 g/mol. The Balaban J connectivity index is 1.69. The standard InChI is InChI=1S/C21H25N5O5/c1-12-13(2)26-17-18(22-20(26)25(12)14-7-6-8-15(11-14)30-4)23(3)21(29)24(19(17)28)10-9-16(27)31-5/h6-8,11,17-18H,9-10H2,1-5H3. The quantitative estimate of drug-likeness (QED) is 0.659. The second-order valence-electron chi connectivity index (χ2n) is 7.57. The van der Waals surface area contributed by atoms with E-state index in [1.807, 2.05) is 47.9 Å². The fraction of sp³-hybridized carbons (Fsp3) is 0.429. The molecule has 10 heteroatoms. The van der Waals surface area contributed by atoms with Crippen LogP contribution in [0, 0.1) is 0 Å². The van der Waals surface area contributed by atoms with E-state index in [-0.39, 0.29) is 18.9 Å². The molecule has 3 amide bonds. The predicted octanol–water partition coefficient (Wildman–Crippen LogP) is 1.59. The summed E-state index contributed by atoms with van der Waals surface area (Å²) >= 11 is 0. The van der Waals surface area contributed by atoms with Crippen LogP contribution in [0.15, 0.2) is 40.7 Å². The first-order chi connectivity index (χ1) is 14.8. The fourth-order valence-corrected chi connectivity index (χ4v) is 4.18. The van der Waals surface area contributed by atoms with Gasteiger partial charge < -0.3 is 14.4 Å². The molecule has 4 rings (SSSR count). The molecule has 0 N–H and O–H groups in total. The Morgan fingerprint density at radius 3 is 2.58 bits per heavy atom. The topological polar surface area (TPSA) is 95.0 Å². The molecule has 10 nitrogen and oxygen atoms in total. The van der Waals surface area contributed by atoms with Gasteiger partial charge in [0.2, 0.25) is 5.96 Å². The van der Waals surface area contributed by atoms with Gasteiger partial charge in [-0.15, -0.1) is 0 Å². The number of likely N-dealkylation sites (N-methyl/N-ethyl adjacent to an activating group) is 1. The van der Waals surface area contributed by atoms with Crippen molar-refractivity contribution in [3.8, 4) is 5.75 Å². The van der Waals surface area contributed by atoms with E-state index in [1.165, 1.54) is 12.0 Å². The maximum Gasteiger partial charge on any atom is 0.328 e. The lowest BCUT2D eigenvalue weighted by Gasteiger charge is -2.40. The summed E-state index contributed by atoms with van der Waals surface area (Å²) in [6, 6.07) is 6.40. The molecule has 1 saturated heterocycles. The summed E-state index contributed by atoms with van der Waals surface area (Å²) in [4.78, 5) is 48.9. The molecule has 1 aromatic carbocycles. The molecule has 2 atom stereocenters. The number of fused-ring (bicyclic) bond motifs is 3. The number of esters is 1. The number of nitrogens with zero attached hydrogens (tertiary/aromatic N) is 5. The number of benzene rings is 1. The van der Waals surface area contributed by atoms with Crippen molar-refractivity contribution < 1.29 is 23.9 Å². The first kappa shape index (κ1) is 20.7. The van der Waals surface area contributed by atoms with Gasteiger partial charge in [-0.2, -0.15) is 0 Å². The minimum atomic E-state index is -0.694. The highest BCUT2D eigenvalue weighted by atomic mass is 16.5. The average molecular weight is 427 g/mol. The molecule has 0 aromatic heterocycles. The van der Waals surface area contributed by atoms with Gasteiger partial charge >= 0.3 is 12.0 Å². The predicted molar refractivity (Wildman–Crippen MR) is 112 cm³/mol. The summed E-state index contributed by atoms with van der Waals surface area (Å²) in [7, 11) is 4.49. The minimum Gasteiger partial charge on any atom is -0.497 e. The van der Waals surface area contributed by atoms with Gasteiger partial charge in [0.05, 0.1) is 26.3 Å². The van der Waals surface area contributed by atoms with E-state index in [0.29, 0.717) is 11.7 Å². The normalized spacial score (nSPS) is 22.7. The van der Waals surface area contributed by atoms with Gasteiger partial charge in [0.15, 0.2) is 12.2 Å². The third-order valence-electron chi connectivity index (χ3n) is 5.97. The smallest absolute Gasteiger partial charge is 0.328 e. The van der Waals surface area contributed by atoms with Crippen molar-refractivity contribution in [3.05, 3.63) is 35.7 Å². The van der Waals surface area contributed by atoms with Crippen LogP contribution in [0.1, 0.15) is 20.3 Å². The molecule has 0 spiro atoms. The number of amides is 3. The lowest BCUT2D eigenvalue weighted by atomic mass is 10.1. The number of carbonyl (C=O) groups excluding carboxylic acids is 3. The van der Waals surface area contributed by atoms with Crippen LogP contribution < -0.4 is 9.64 Å². The van der Waals surface area contributed by atoms with Crippen LogP contribution in [0.3, 0.4) is 0 Å². The Labute approximate surface area is 180 Å². The summed E-state index contributed by atoms with van der Waals surface area (Å²) in [5.41, 5.74) is 2.65. The second kappa shape index (κ2) is 7.60. The summed E-state index contributed by atoms with van der Waals surface area (Å²) in [6.07, 6.45) is -0.711. The van der Waals surface area contributed by atoms with Crippen molar-refractivity contribution in [3.63, 3.8) is 0 Å². The van der Waals surface area contributed by atoms with Crippen LogP contribution in [0.4, 0.5) is 10.5 Å². The highest BCUT2D eigenvalue weighted by molar-refractivity contribution is 6.10. The number of imide groups is 1. The molecule has 0 saturated carbocycles. The molecule has 3 heterocycles. The van der Waals surface area contributed by atoms with Gasteiger partial charge in [-0.3, -0.25) is 24.3 Å². The van der Waals surface area contributed by atoms with Crippen LogP contribution in [0.2, 0.25) is 0 Å². The number of hydrogen-bond acceptors (Lipinski definition) is 8. The largest absolute Gasteiger partial charge is 0.497 e. The van der Waals surface area contributed by atoms with Crippen molar-refractivity contribution in [1.82, 2.24) is 14.7 Å². The van der Waals surface area contributed by atoms with Gasteiger partial charge in [-0.05, 0) is 26.0 Å². The maximum absolute atomic E-state index is 13.4. The van der Waals surface area contributed by atoms with Crippen molar-refractivity contribution in [2.45, 2.75) is 32.5 Å². The number of allylic oxidation sites excluding steroid dienone is 2. The molecular weight excluding hydrogens is 402 g/mol. The van der Waals surface area contributed by atoms with Gasteiger partial charge in [0, 0.05) is 31.1 Å². The van der Waals surface area contributed by atoms with Crippen molar-refractivity contribution in [2.75, 3.05) is 32.7 Å². The Hall–Kier alpha value is -3.56. The Bertz CT molecular complexity index is 1020. The molecule has 3 aliphatic rings. The summed E-state index contributed by atoms with van der Waals surface area (Å²) in [6.45, 7) is 3.85. The minimum absolute atomic E-state index is 0.0393. The Morgan fingerprint density at radius 2 is 1.90 bits per heavy atom. The SMILES string of the molecule is COC(=O)CCN1C(=O)C2C(N=C3N(c4cccc(OC)c4)C(C)=C(C)N32)N(C)C1=O. The lowest BCUT2D eigenvalue weighted by Crippen LogP contribution is -2.64. The number of urea groups is 1. The van der Waals surface area contributed by atoms with Gasteiger partial charge in [-0.1, -0.05) is 6.07 Å². The lowest BCUT2D eigenvalue weighted by molar-refractivity contribution is -0.142. The molecule has 1 aromatic rings. The fourth-order valence-electron chi connectivity index (χ4n) is 4.18. The first-order valence-corrected chi connectivity index (χ1v) is 9.93. The molecular formula is C21H25N5O5. The zero-order valence-electron chi connectivity index (χ0n) is 18.2. The van der Waals surface area contributed by atoms with Crippen molar-refractivity contribution >= 4 is 29.6 Å². The number of rotatable bonds is 5. The maximum atomic E-state index is 13.4.